The SMILES string of the molecule is Cc1nc(-c2cccc(NC(=O)N[C@H](C)Cn3ccnc3)c2)oc1C. The van der Waals surface area contributed by atoms with Gasteiger partial charge in [-0.1, -0.05) is 6.07 Å². The molecule has 3 rings (SSSR count). The third kappa shape index (κ3) is 4.26. The van der Waals surface area contributed by atoms with Crippen molar-refractivity contribution in [3.05, 3.63) is 54.4 Å². The molecule has 7 nitrogen and oxygen atoms in total. The average molecular weight is 339 g/mol. The molecule has 0 bridgehead atoms. The number of anilines is 1. The average Bonchev–Trinajstić information content (AvgIpc) is 3.18. The first-order valence-corrected chi connectivity index (χ1v) is 8.09. The molecular weight excluding hydrogens is 318 g/mol. The molecule has 2 heterocycles. The first-order valence-electron chi connectivity index (χ1n) is 8.09. The summed E-state index contributed by atoms with van der Waals surface area (Å²) in [6, 6.07) is 7.13. The second-order valence-corrected chi connectivity index (χ2v) is 6.00. The zero-order valence-corrected chi connectivity index (χ0v) is 14.5. The highest BCUT2D eigenvalue weighted by atomic mass is 16.4. The van der Waals surface area contributed by atoms with E-state index in [-0.39, 0.29) is 12.1 Å². The summed E-state index contributed by atoms with van der Waals surface area (Å²) in [5.41, 5.74) is 2.36. The van der Waals surface area contributed by atoms with Crippen molar-refractivity contribution in [1.29, 1.82) is 0 Å². The molecule has 1 atom stereocenters. The number of hydrogen-bond acceptors (Lipinski definition) is 4. The van der Waals surface area contributed by atoms with Gasteiger partial charge in [-0.05, 0) is 39.0 Å². The molecule has 2 amide bonds. The number of urea groups is 1. The van der Waals surface area contributed by atoms with E-state index >= 15 is 0 Å². The number of imidazole rings is 1. The highest BCUT2D eigenvalue weighted by Gasteiger charge is 2.11. The summed E-state index contributed by atoms with van der Waals surface area (Å²) in [7, 11) is 0. The van der Waals surface area contributed by atoms with Crippen LogP contribution in [0.5, 0.6) is 0 Å². The van der Waals surface area contributed by atoms with Crippen LogP contribution >= 0.6 is 0 Å². The van der Waals surface area contributed by atoms with E-state index in [1.807, 2.05) is 55.8 Å². The Hall–Kier alpha value is -3.09. The van der Waals surface area contributed by atoms with Gasteiger partial charge in [-0.25, -0.2) is 14.8 Å². The Bertz CT molecular complexity index is 835. The summed E-state index contributed by atoms with van der Waals surface area (Å²) in [6.07, 6.45) is 5.30. The molecule has 130 valence electrons. The largest absolute Gasteiger partial charge is 0.441 e. The van der Waals surface area contributed by atoms with Crippen LogP contribution in [0.15, 0.2) is 47.4 Å². The second-order valence-electron chi connectivity index (χ2n) is 6.00. The van der Waals surface area contributed by atoms with E-state index in [9.17, 15) is 4.79 Å². The zero-order valence-electron chi connectivity index (χ0n) is 14.5. The van der Waals surface area contributed by atoms with E-state index in [2.05, 4.69) is 20.6 Å². The maximum atomic E-state index is 12.2. The van der Waals surface area contributed by atoms with Crippen LogP contribution in [0.3, 0.4) is 0 Å². The Morgan fingerprint density at radius 1 is 1.36 bits per heavy atom. The fourth-order valence-corrected chi connectivity index (χ4v) is 2.47. The molecule has 25 heavy (non-hydrogen) atoms. The first kappa shape index (κ1) is 16.8. The Morgan fingerprint density at radius 2 is 2.20 bits per heavy atom. The molecule has 0 saturated heterocycles. The van der Waals surface area contributed by atoms with Gasteiger partial charge in [0.15, 0.2) is 0 Å². The summed E-state index contributed by atoms with van der Waals surface area (Å²) in [5, 5.41) is 5.74. The highest BCUT2D eigenvalue weighted by Crippen LogP contribution is 2.23. The number of carbonyl (C=O) groups is 1. The third-order valence-electron chi connectivity index (χ3n) is 3.82. The van der Waals surface area contributed by atoms with Crippen LogP contribution in [0.4, 0.5) is 10.5 Å². The van der Waals surface area contributed by atoms with Crippen LogP contribution in [0.1, 0.15) is 18.4 Å². The lowest BCUT2D eigenvalue weighted by atomic mass is 10.2. The predicted octanol–water partition coefficient (Wildman–Crippen LogP) is 3.37. The van der Waals surface area contributed by atoms with Gasteiger partial charge in [0, 0.05) is 36.2 Å². The Balaban J connectivity index is 1.62. The maximum absolute atomic E-state index is 12.2. The van der Waals surface area contributed by atoms with E-state index in [1.165, 1.54) is 0 Å². The zero-order chi connectivity index (χ0) is 17.8. The van der Waals surface area contributed by atoms with E-state index in [0.717, 1.165) is 17.0 Å². The van der Waals surface area contributed by atoms with Crippen LogP contribution < -0.4 is 10.6 Å². The van der Waals surface area contributed by atoms with Gasteiger partial charge >= 0.3 is 6.03 Å². The maximum Gasteiger partial charge on any atom is 0.319 e. The monoisotopic (exact) mass is 339 g/mol. The first-order chi connectivity index (χ1) is 12.0. The number of aromatic nitrogens is 3. The van der Waals surface area contributed by atoms with Crippen molar-refractivity contribution in [2.24, 2.45) is 0 Å². The fraction of sp³-hybridized carbons (Fsp3) is 0.278. The quantitative estimate of drug-likeness (QED) is 0.746. The number of nitrogens with zero attached hydrogens (tertiary/aromatic N) is 3. The topological polar surface area (TPSA) is 85.0 Å². The summed E-state index contributed by atoms with van der Waals surface area (Å²) < 4.78 is 7.55. The van der Waals surface area contributed by atoms with Crippen molar-refractivity contribution >= 4 is 11.7 Å². The molecule has 0 aliphatic rings. The minimum Gasteiger partial charge on any atom is -0.441 e. The van der Waals surface area contributed by atoms with Crippen LogP contribution in [0.25, 0.3) is 11.5 Å². The third-order valence-corrected chi connectivity index (χ3v) is 3.82. The van der Waals surface area contributed by atoms with Crippen molar-refractivity contribution in [2.45, 2.75) is 33.4 Å². The number of amides is 2. The number of hydrogen-bond donors (Lipinski definition) is 2. The van der Waals surface area contributed by atoms with E-state index in [1.54, 1.807) is 12.5 Å². The number of nitrogens with one attached hydrogen (secondary N) is 2. The predicted molar refractivity (Wildman–Crippen MR) is 95.3 cm³/mol. The molecule has 2 aromatic heterocycles. The molecule has 0 saturated carbocycles. The molecule has 2 N–H and O–H groups in total. The van der Waals surface area contributed by atoms with E-state index < -0.39 is 0 Å². The summed E-state index contributed by atoms with van der Waals surface area (Å²) in [6.45, 7) is 6.37. The Labute approximate surface area is 146 Å². The summed E-state index contributed by atoms with van der Waals surface area (Å²) >= 11 is 0. The molecule has 0 aliphatic carbocycles. The number of rotatable bonds is 5. The molecule has 0 unspecified atom stereocenters. The van der Waals surface area contributed by atoms with Gasteiger partial charge in [0.05, 0.1) is 12.0 Å². The Kier molecular flexibility index (Phi) is 4.83. The van der Waals surface area contributed by atoms with Crippen molar-refractivity contribution in [3.63, 3.8) is 0 Å². The van der Waals surface area contributed by atoms with Crippen LogP contribution in [0, 0.1) is 13.8 Å². The molecule has 0 aliphatic heterocycles. The van der Waals surface area contributed by atoms with Gasteiger partial charge in [-0.3, -0.25) is 0 Å². The van der Waals surface area contributed by atoms with Crippen molar-refractivity contribution < 1.29 is 9.21 Å². The standard InChI is InChI=1S/C18H21N5O2/c1-12(10-23-8-7-19-11-23)20-18(24)22-16-6-4-5-15(9-16)17-21-13(2)14(3)25-17/h4-9,11-12H,10H2,1-3H3,(H2,20,22,24)/t12-/m1/s1. The van der Waals surface area contributed by atoms with Crippen LogP contribution in [-0.2, 0) is 6.54 Å². The summed E-state index contributed by atoms with van der Waals surface area (Å²) in [4.78, 5) is 20.5. The second kappa shape index (κ2) is 7.21. The normalized spacial score (nSPS) is 12.0. The molecule has 0 spiro atoms. The van der Waals surface area contributed by atoms with Crippen molar-refractivity contribution in [1.82, 2.24) is 19.9 Å². The van der Waals surface area contributed by atoms with Crippen LogP contribution in [-0.4, -0.2) is 26.6 Å². The van der Waals surface area contributed by atoms with E-state index in [0.29, 0.717) is 18.1 Å². The molecule has 3 aromatic rings. The van der Waals surface area contributed by atoms with Gasteiger partial charge in [-0.2, -0.15) is 0 Å². The highest BCUT2D eigenvalue weighted by molar-refractivity contribution is 5.90. The molecule has 1 aromatic carbocycles. The van der Waals surface area contributed by atoms with Crippen molar-refractivity contribution in [2.75, 3.05) is 5.32 Å². The lowest BCUT2D eigenvalue weighted by molar-refractivity contribution is 0.248. The lowest BCUT2D eigenvalue weighted by Crippen LogP contribution is -2.38. The molecule has 0 radical (unpaired) electrons. The fourth-order valence-electron chi connectivity index (χ4n) is 2.47. The molecule has 0 fully saturated rings. The van der Waals surface area contributed by atoms with Gasteiger partial charge in [-0.15, -0.1) is 0 Å². The van der Waals surface area contributed by atoms with Gasteiger partial charge in [0.25, 0.3) is 0 Å². The molecule has 7 heteroatoms. The van der Waals surface area contributed by atoms with Crippen molar-refractivity contribution in [3.8, 4) is 11.5 Å². The summed E-state index contributed by atoms with van der Waals surface area (Å²) in [5.74, 6) is 1.34. The number of benzene rings is 1. The minimum atomic E-state index is -0.260. The van der Waals surface area contributed by atoms with Gasteiger partial charge < -0.3 is 19.6 Å². The Morgan fingerprint density at radius 3 is 2.88 bits per heavy atom. The molecular formula is C18H21N5O2. The number of carbonyl (C=O) groups excluding carboxylic acids is 1. The van der Waals surface area contributed by atoms with Crippen LogP contribution in [0.2, 0.25) is 0 Å². The van der Waals surface area contributed by atoms with Gasteiger partial charge in [0.2, 0.25) is 5.89 Å². The number of oxazole rings is 1. The lowest BCUT2D eigenvalue weighted by Gasteiger charge is -2.15. The smallest absolute Gasteiger partial charge is 0.319 e. The minimum absolute atomic E-state index is 0.0329. The van der Waals surface area contributed by atoms with E-state index in [4.69, 9.17) is 4.42 Å². The number of aryl methyl sites for hydroxylation is 2. The van der Waals surface area contributed by atoms with Gasteiger partial charge in [0.1, 0.15) is 5.76 Å².